The number of aliphatic hydroxyl groups is 1. The van der Waals surface area contributed by atoms with E-state index in [0.29, 0.717) is 12.5 Å². The summed E-state index contributed by atoms with van der Waals surface area (Å²) in [5.74, 6) is -0.0164. The van der Waals surface area contributed by atoms with Gasteiger partial charge in [0.05, 0.1) is 6.10 Å². The summed E-state index contributed by atoms with van der Waals surface area (Å²) in [5, 5.41) is 16.8. The van der Waals surface area contributed by atoms with Crippen molar-refractivity contribution in [1.82, 2.24) is 20.2 Å². The van der Waals surface area contributed by atoms with Crippen LogP contribution in [0.15, 0.2) is 17.4 Å². The van der Waals surface area contributed by atoms with E-state index in [0.717, 1.165) is 25.9 Å². The van der Waals surface area contributed by atoms with E-state index in [9.17, 15) is 18.3 Å². The van der Waals surface area contributed by atoms with Crippen LogP contribution in [0.4, 0.5) is 13.2 Å². The highest BCUT2D eigenvalue weighted by atomic mass is 19.4. The van der Waals surface area contributed by atoms with Crippen molar-refractivity contribution in [1.29, 1.82) is 0 Å². The molecule has 0 aromatic carbocycles. The number of alkyl halides is 3. The van der Waals surface area contributed by atoms with E-state index in [1.165, 1.54) is 24.0 Å². The fourth-order valence-corrected chi connectivity index (χ4v) is 3.74. The molecule has 1 aromatic heterocycles. The summed E-state index contributed by atoms with van der Waals surface area (Å²) >= 11 is 0. The summed E-state index contributed by atoms with van der Waals surface area (Å²) in [6, 6.07) is 0.0907. The van der Waals surface area contributed by atoms with Gasteiger partial charge in [-0.3, -0.25) is 4.99 Å². The molecule has 2 rings (SSSR count). The van der Waals surface area contributed by atoms with E-state index in [4.69, 9.17) is 4.74 Å². The molecule has 178 valence electrons. The molecule has 31 heavy (non-hydrogen) atoms. The van der Waals surface area contributed by atoms with Gasteiger partial charge in [-0.05, 0) is 19.8 Å². The second kappa shape index (κ2) is 10.2. The molecule has 0 bridgehead atoms. The summed E-state index contributed by atoms with van der Waals surface area (Å²) in [4.78, 5) is 8.01. The third-order valence-electron chi connectivity index (χ3n) is 6.05. The van der Waals surface area contributed by atoms with Gasteiger partial charge in [0, 0.05) is 57.0 Å². The topological polar surface area (TPSA) is 83.7 Å². The normalized spacial score (nSPS) is 23.2. The molecule has 3 atom stereocenters. The van der Waals surface area contributed by atoms with Crippen LogP contribution in [0.2, 0.25) is 0 Å². The Morgan fingerprint density at radius 1 is 1.39 bits per heavy atom. The predicted octanol–water partition coefficient (Wildman–Crippen LogP) is 3.10. The molecule has 0 spiro atoms. The molecule has 1 aliphatic rings. The van der Waals surface area contributed by atoms with Gasteiger partial charge in [-0.25, -0.2) is 4.98 Å². The predicted molar refractivity (Wildman–Crippen MR) is 114 cm³/mol. The molecule has 1 saturated carbocycles. The van der Waals surface area contributed by atoms with Gasteiger partial charge >= 0.3 is 6.18 Å². The molecule has 0 radical (unpaired) electrons. The van der Waals surface area contributed by atoms with Crippen LogP contribution in [0.3, 0.4) is 0 Å². The molecule has 1 heterocycles. The van der Waals surface area contributed by atoms with Crippen LogP contribution in [0.25, 0.3) is 0 Å². The lowest BCUT2D eigenvalue weighted by Gasteiger charge is -2.52. The van der Waals surface area contributed by atoms with Crippen LogP contribution in [0.1, 0.15) is 59.2 Å². The van der Waals surface area contributed by atoms with Gasteiger partial charge in [0.2, 0.25) is 5.60 Å². The Hall–Kier alpha value is -1.81. The largest absolute Gasteiger partial charge is 0.424 e. The van der Waals surface area contributed by atoms with Gasteiger partial charge in [-0.1, -0.05) is 27.2 Å². The van der Waals surface area contributed by atoms with E-state index >= 15 is 0 Å². The molecule has 3 unspecified atom stereocenters. The maximum absolute atomic E-state index is 13.7. The lowest BCUT2D eigenvalue weighted by Crippen LogP contribution is -2.63. The van der Waals surface area contributed by atoms with Crippen molar-refractivity contribution in [2.45, 2.75) is 77.3 Å². The van der Waals surface area contributed by atoms with Gasteiger partial charge in [-0.2, -0.15) is 13.2 Å². The highest BCUT2D eigenvalue weighted by molar-refractivity contribution is 5.80. The number of imidazole rings is 1. The summed E-state index contributed by atoms with van der Waals surface area (Å²) in [6.45, 7) is 9.30. The number of hydrogen-bond donors (Lipinski definition) is 3. The van der Waals surface area contributed by atoms with Crippen molar-refractivity contribution in [3.05, 3.63) is 18.2 Å². The SMILES string of the molecule is CCCCOC1CC(NC(=NCCC(O)(c2nccn2C)C(F)(F)F)NCC)C1(C)C. The first kappa shape index (κ1) is 25.5. The second-order valence-electron chi connectivity index (χ2n) is 8.70. The van der Waals surface area contributed by atoms with Gasteiger partial charge in [-0.15, -0.1) is 0 Å². The molecule has 0 saturated heterocycles. The van der Waals surface area contributed by atoms with E-state index in [-0.39, 0.29) is 24.1 Å². The lowest BCUT2D eigenvalue weighted by atomic mass is 9.64. The Morgan fingerprint density at radius 3 is 2.61 bits per heavy atom. The van der Waals surface area contributed by atoms with Crippen LogP contribution in [-0.2, 0) is 17.4 Å². The number of halogens is 3. The van der Waals surface area contributed by atoms with Crippen molar-refractivity contribution < 1.29 is 23.0 Å². The highest BCUT2D eigenvalue weighted by Crippen LogP contribution is 2.43. The van der Waals surface area contributed by atoms with E-state index < -0.39 is 24.0 Å². The molecule has 1 aromatic rings. The quantitative estimate of drug-likeness (QED) is 0.292. The summed E-state index contributed by atoms with van der Waals surface area (Å²) in [7, 11) is 1.42. The van der Waals surface area contributed by atoms with Gasteiger partial charge in [0.1, 0.15) is 5.82 Å². The summed E-state index contributed by atoms with van der Waals surface area (Å²) in [6.07, 6.45) is 0.152. The average Bonchev–Trinajstić information content (AvgIpc) is 3.12. The number of ether oxygens (including phenoxy) is 1. The first-order valence-corrected chi connectivity index (χ1v) is 10.9. The number of nitrogens with one attached hydrogen (secondary N) is 2. The Kier molecular flexibility index (Phi) is 8.38. The number of unbranched alkanes of at least 4 members (excludes halogenated alkanes) is 1. The molecule has 3 N–H and O–H groups in total. The molecule has 0 amide bonds. The minimum Gasteiger partial charge on any atom is -0.378 e. The number of aliphatic imine (C=N–C) groups is 1. The molecule has 0 aliphatic heterocycles. The maximum Gasteiger partial charge on any atom is 0.424 e. The van der Waals surface area contributed by atoms with Crippen LogP contribution in [0, 0.1) is 5.41 Å². The zero-order valence-corrected chi connectivity index (χ0v) is 19.1. The number of aryl methyl sites for hydroxylation is 1. The molecular weight excluding hydrogens is 411 g/mol. The lowest BCUT2D eigenvalue weighted by molar-refractivity contribution is -0.272. The first-order valence-electron chi connectivity index (χ1n) is 10.9. The van der Waals surface area contributed by atoms with Crippen molar-refractivity contribution in [2.24, 2.45) is 17.5 Å². The minimum atomic E-state index is -4.87. The van der Waals surface area contributed by atoms with Gasteiger partial charge in [0.15, 0.2) is 5.96 Å². The van der Waals surface area contributed by atoms with Crippen LogP contribution in [-0.4, -0.2) is 58.6 Å². The van der Waals surface area contributed by atoms with E-state index in [1.54, 1.807) is 0 Å². The van der Waals surface area contributed by atoms with Crippen molar-refractivity contribution in [3.8, 4) is 0 Å². The second-order valence-corrected chi connectivity index (χ2v) is 8.70. The zero-order valence-electron chi connectivity index (χ0n) is 19.1. The smallest absolute Gasteiger partial charge is 0.378 e. The molecule has 7 nitrogen and oxygen atoms in total. The first-order chi connectivity index (χ1) is 14.5. The summed E-state index contributed by atoms with van der Waals surface area (Å²) < 4.78 is 48.1. The molecule has 1 aliphatic carbocycles. The maximum atomic E-state index is 13.7. The average molecular weight is 448 g/mol. The summed E-state index contributed by atoms with van der Waals surface area (Å²) in [5.41, 5.74) is -3.19. The third kappa shape index (κ3) is 5.71. The van der Waals surface area contributed by atoms with E-state index in [2.05, 4.69) is 41.4 Å². The van der Waals surface area contributed by atoms with Gasteiger partial charge < -0.3 is 25.0 Å². The molecule has 10 heteroatoms. The van der Waals surface area contributed by atoms with E-state index in [1.807, 2.05) is 6.92 Å². The fraction of sp³-hybridized carbons (Fsp3) is 0.810. The standard InChI is InChI=1S/C21H36F3N5O2/c1-6-8-13-31-16-14-15(19(16,3)4)28-18(25-7-2)27-10-9-20(30,21(22,23)24)17-26-11-12-29(17)5/h11-12,15-16,30H,6-10,13-14H2,1-5H3,(H2,25,27,28). The van der Waals surface area contributed by atoms with Crippen LogP contribution < -0.4 is 10.6 Å². The Morgan fingerprint density at radius 2 is 2.10 bits per heavy atom. The fourth-order valence-electron chi connectivity index (χ4n) is 3.74. The molecular formula is C21H36F3N5O2. The van der Waals surface area contributed by atoms with Crippen molar-refractivity contribution in [3.63, 3.8) is 0 Å². The Bertz CT molecular complexity index is 735. The number of hydrogen-bond acceptors (Lipinski definition) is 4. The number of nitrogens with zero attached hydrogens (tertiary/aromatic N) is 3. The number of guanidine groups is 1. The zero-order chi connectivity index (χ0) is 23.3. The van der Waals surface area contributed by atoms with Crippen molar-refractivity contribution >= 4 is 5.96 Å². The highest BCUT2D eigenvalue weighted by Gasteiger charge is 2.57. The monoisotopic (exact) mass is 447 g/mol. The van der Waals surface area contributed by atoms with Gasteiger partial charge in [0.25, 0.3) is 0 Å². The number of aromatic nitrogens is 2. The van der Waals surface area contributed by atoms with Crippen LogP contribution in [0.5, 0.6) is 0 Å². The Labute approximate surface area is 182 Å². The minimum absolute atomic E-state index is 0.0907. The Balaban J connectivity index is 2.03. The molecule has 1 fully saturated rings. The third-order valence-corrected chi connectivity index (χ3v) is 6.05. The van der Waals surface area contributed by atoms with Crippen molar-refractivity contribution in [2.75, 3.05) is 19.7 Å². The number of rotatable bonds is 10. The van der Waals surface area contributed by atoms with Crippen LogP contribution >= 0.6 is 0 Å².